The maximum atomic E-state index is 12.9. The highest BCUT2D eigenvalue weighted by Crippen LogP contribution is 2.13. The second-order valence-electron chi connectivity index (χ2n) is 3.88. The van der Waals surface area contributed by atoms with Gasteiger partial charge in [-0.2, -0.15) is 0 Å². The van der Waals surface area contributed by atoms with E-state index in [9.17, 15) is 9.18 Å². The van der Waals surface area contributed by atoms with Crippen LogP contribution in [0.4, 0.5) is 4.39 Å². The molecule has 1 amide bonds. The van der Waals surface area contributed by atoms with Crippen LogP contribution in [-0.4, -0.2) is 17.4 Å². The van der Waals surface area contributed by atoms with Crippen LogP contribution in [0.3, 0.4) is 0 Å². The molecule has 3 N–H and O–H groups in total. The zero-order valence-corrected chi connectivity index (χ0v) is 11.3. The Kier molecular flexibility index (Phi) is 4.82. The van der Waals surface area contributed by atoms with Crippen LogP contribution in [0, 0.1) is 17.7 Å². The molecule has 0 atom stereocenters. The van der Waals surface area contributed by atoms with Gasteiger partial charge in [0, 0.05) is 22.0 Å². The number of halogens is 1. The van der Waals surface area contributed by atoms with E-state index in [-0.39, 0.29) is 11.5 Å². The van der Waals surface area contributed by atoms with E-state index in [4.69, 9.17) is 5.73 Å². The quantitative estimate of drug-likeness (QED) is 0.842. The number of nitrogens with two attached hydrogens (primary N) is 1. The van der Waals surface area contributed by atoms with Crippen molar-refractivity contribution in [1.82, 2.24) is 10.3 Å². The molecule has 0 unspecified atom stereocenters. The monoisotopic (exact) mass is 289 g/mol. The molecule has 0 spiro atoms. The molecule has 102 valence electrons. The fraction of sp³-hybridized carbons (Fsp3) is 0.143. The van der Waals surface area contributed by atoms with E-state index in [1.807, 2.05) is 11.4 Å². The fourth-order valence-corrected chi connectivity index (χ4v) is 2.25. The summed E-state index contributed by atoms with van der Waals surface area (Å²) in [5.74, 6) is 4.78. The maximum absolute atomic E-state index is 12.9. The van der Waals surface area contributed by atoms with E-state index in [0.29, 0.717) is 13.1 Å². The molecule has 0 saturated carbocycles. The molecular weight excluding hydrogens is 277 g/mol. The Labute approximate surface area is 119 Å². The van der Waals surface area contributed by atoms with Crippen LogP contribution in [0.5, 0.6) is 0 Å². The summed E-state index contributed by atoms with van der Waals surface area (Å²) in [6, 6.07) is 3.03. The number of hydrogen-bond donors (Lipinski definition) is 2. The van der Waals surface area contributed by atoms with Gasteiger partial charge in [0.15, 0.2) is 0 Å². The first-order chi connectivity index (χ1) is 9.69. The minimum Gasteiger partial charge on any atom is -0.347 e. The molecule has 2 rings (SSSR count). The topological polar surface area (TPSA) is 68.0 Å². The first kappa shape index (κ1) is 14.2. The predicted octanol–water partition coefficient (Wildman–Crippen LogP) is 1.52. The largest absolute Gasteiger partial charge is 0.347 e. The van der Waals surface area contributed by atoms with E-state index >= 15 is 0 Å². The molecule has 2 aromatic heterocycles. The van der Waals surface area contributed by atoms with Crippen LogP contribution in [0.25, 0.3) is 0 Å². The van der Waals surface area contributed by atoms with Crippen LogP contribution < -0.4 is 11.1 Å². The second kappa shape index (κ2) is 6.80. The molecule has 0 bridgehead atoms. The highest BCUT2D eigenvalue weighted by molar-refractivity contribution is 7.10. The fourth-order valence-electron chi connectivity index (χ4n) is 1.50. The molecule has 0 aliphatic heterocycles. The lowest BCUT2D eigenvalue weighted by molar-refractivity contribution is 0.0950. The summed E-state index contributed by atoms with van der Waals surface area (Å²) in [7, 11) is 0. The lowest BCUT2D eigenvalue weighted by Crippen LogP contribution is -2.22. The Morgan fingerprint density at radius 2 is 2.30 bits per heavy atom. The Morgan fingerprint density at radius 1 is 1.45 bits per heavy atom. The standard InChI is InChI=1S/C14H12FN3OS/c15-12-5-11(6-17-7-12)14(19)18-8-13-4-10(9-20-13)2-1-3-16/h4-7,9H,3,8,16H2,(H,18,19). The zero-order chi connectivity index (χ0) is 14.4. The van der Waals surface area contributed by atoms with Gasteiger partial charge in [-0.15, -0.1) is 11.3 Å². The van der Waals surface area contributed by atoms with Gasteiger partial charge in [0.1, 0.15) is 5.82 Å². The van der Waals surface area contributed by atoms with E-state index in [2.05, 4.69) is 22.1 Å². The van der Waals surface area contributed by atoms with E-state index < -0.39 is 5.82 Å². The molecule has 0 aliphatic rings. The van der Waals surface area contributed by atoms with Crippen LogP contribution >= 0.6 is 11.3 Å². The Morgan fingerprint density at radius 3 is 3.05 bits per heavy atom. The smallest absolute Gasteiger partial charge is 0.253 e. The van der Waals surface area contributed by atoms with Crippen molar-refractivity contribution in [3.8, 4) is 11.8 Å². The first-order valence-electron chi connectivity index (χ1n) is 5.84. The molecule has 2 heterocycles. The number of hydrogen-bond acceptors (Lipinski definition) is 4. The number of carbonyl (C=O) groups is 1. The molecule has 6 heteroatoms. The molecule has 0 radical (unpaired) electrons. The molecular formula is C14H12FN3OS. The summed E-state index contributed by atoms with van der Waals surface area (Å²) in [6.07, 6.45) is 2.38. The number of thiophene rings is 1. The number of nitrogens with zero attached hydrogens (tertiary/aromatic N) is 1. The molecule has 0 fully saturated rings. The summed E-state index contributed by atoms with van der Waals surface area (Å²) in [6.45, 7) is 0.679. The third-order valence-corrected chi connectivity index (χ3v) is 3.32. The highest BCUT2D eigenvalue weighted by Gasteiger charge is 2.07. The lowest BCUT2D eigenvalue weighted by Gasteiger charge is -2.02. The third-order valence-electron chi connectivity index (χ3n) is 2.38. The van der Waals surface area contributed by atoms with Gasteiger partial charge in [-0.3, -0.25) is 9.78 Å². The SMILES string of the molecule is NCC#Cc1csc(CNC(=O)c2cncc(F)c2)c1. The van der Waals surface area contributed by atoms with Crippen molar-refractivity contribution in [2.24, 2.45) is 5.73 Å². The Bertz CT molecular complexity index is 672. The number of rotatable bonds is 3. The van der Waals surface area contributed by atoms with Crippen molar-refractivity contribution >= 4 is 17.2 Å². The summed E-state index contributed by atoms with van der Waals surface area (Å²) >= 11 is 1.49. The summed E-state index contributed by atoms with van der Waals surface area (Å²) < 4.78 is 12.9. The van der Waals surface area contributed by atoms with Crippen LogP contribution in [0.15, 0.2) is 29.9 Å². The summed E-state index contributed by atoms with van der Waals surface area (Å²) in [5.41, 5.74) is 6.37. The van der Waals surface area contributed by atoms with E-state index in [0.717, 1.165) is 22.7 Å². The maximum Gasteiger partial charge on any atom is 0.253 e. The molecule has 2 aromatic rings. The summed E-state index contributed by atoms with van der Waals surface area (Å²) in [5, 5.41) is 4.60. The highest BCUT2D eigenvalue weighted by atomic mass is 32.1. The van der Waals surface area contributed by atoms with Gasteiger partial charge >= 0.3 is 0 Å². The van der Waals surface area contributed by atoms with E-state index in [1.54, 1.807) is 0 Å². The van der Waals surface area contributed by atoms with Gasteiger partial charge < -0.3 is 11.1 Å². The summed E-state index contributed by atoms with van der Waals surface area (Å²) in [4.78, 5) is 16.4. The molecule has 20 heavy (non-hydrogen) atoms. The Balaban J connectivity index is 1.95. The minimum absolute atomic E-state index is 0.199. The van der Waals surface area contributed by atoms with Gasteiger partial charge in [-0.1, -0.05) is 11.8 Å². The van der Waals surface area contributed by atoms with Gasteiger partial charge in [0.05, 0.1) is 24.8 Å². The van der Waals surface area contributed by atoms with Gasteiger partial charge in [-0.05, 0) is 12.1 Å². The Hall–Kier alpha value is -2.23. The number of pyridine rings is 1. The molecule has 0 aromatic carbocycles. The molecule has 0 aliphatic carbocycles. The first-order valence-corrected chi connectivity index (χ1v) is 6.72. The number of carbonyl (C=O) groups excluding carboxylic acids is 1. The van der Waals surface area contributed by atoms with Crippen LogP contribution in [0.1, 0.15) is 20.8 Å². The van der Waals surface area contributed by atoms with Gasteiger partial charge in [0.2, 0.25) is 0 Å². The molecule has 4 nitrogen and oxygen atoms in total. The number of nitrogens with one attached hydrogen (secondary N) is 1. The van der Waals surface area contributed by atoms with Crippen molar-refractivity contribution in [2.75, 3.05) is 6.54 Å². The number of aromatic nitrogens is 1. The zero-order valence-electron chi connectivity index (χ0n) is 10.5. The average Bonchev–Trinajstić information content (AvgIpc) is 2.90. The van der Waals surface area contributed by atoms with Crippen molar-refractivity contribution in [3.63, 3.8) is 0 Å². The van der Waals surface area contributed by atoms with Crippen LogP contribution in [0.2, 0.25) is 0 Å². The lowest BCUT2D eigenvalue weighted by atomic mass is 10.2. The van der Waals surface area contributed by atoms with Gasteiger partial charge in [0.25, 0.3) is 5.91 Å². The number of amides is 1. The van der Waals surface area contributed by atoms with E-state index in [1.165, 1.54) is 17.5 Å². The third kappa shape index (κ3) is 3.88. The molecule has 0 saturated heterocycles. The van der Waals surface area contributed by atoms with Crippen molar-refractivity contribution in [2.45, 2.75) is 6.54 Å². The minimum atomic E-state index is -0.534. The van der Waals surface area contributed by atoms with Crippen molar-refractivity contribution < 1.29 is 9.18 Å². The van der Waals surface area contributed by atoms with Gasteiger partial charge in [-0.25, -0.2) is 4.39 Å². The average molecular weight is 289 g/mol. The van der Waals surface area contributed by atoms with Crippen molar-refractivity contribution in [1.29, 1.82) is 0 Å². The normalized spacial score (nSPS) is 9.70. The predicted molar refractivity (Wildman–Crippen MR) is 75.6 cm³/mol. The van der Waals surface area contributed by atoms with Crippen molar-refractivity contribution in [3.05, 3.63) is 51.7 Å². The second-order valence-corrected chi connectivity index (χ2v) is 4.88. The van der Waals surface area contributed by atoms with Crippen LogP contribution in [-0.2, 0) is 6.54 Å².